The average Bonchev–Trinajstić information content (AvgIpc) is 3.08. The molecule has 27 heavy (non-hydrogen) atoms. The zero-order chi connectivity index (χ0) is 19.0. The van der Waals surface area contributed by atoms with Crippen LogP contribution in [0.25, 0.3) is 22.2 Å². The Bertz CT molecular complexity index is 1220. The lowest BCUT2D eigenvalue weighted by Gasteiger charge is -2.11. The largest absolute Gasteiger partial charge is 0.399 e. The van der Waals surface area contributed by atoms with E-state index in [-0.39, 0.29) is 5.91 Å². The van der Waals surface area contributed by atoms with Crippen LogP contribution in [-0.2, 0) is 0 Å². The lowest BCUT2D eigenvalue weighted by molar-refractivity contribution is 0.0966. The molecular formula is C22H16N4O. The summed E-state index contributed by atoms with van der Waals surface area (Å²) in [6.45, 7) is 1.88. The summed E-state index contributed by atoms with van der Waals surface area (Å²) in [7, 11) is 0. The van der Waals surface area contributed by atoms with Gasteiger partial charge in [-0.15, -0.1) is 0 Å². The second-order valence-corrected chi connectivity index (χ2v) is 6.37. The predicted octanol–water partition coefficient (Wildman–Crippen LogP) is 4.15. The summed E-state index contributed by atoms with van der Waals surface area (Å²) in [5, 5.41) is 10.0. The number of carbonyl (C=O) groups excluding carboxylic acids is 1. The first kappa shape index (κ1) is 16.6. The zero-order valence-electron chi connectivity index (χ0n) is 14.7. The molecule has 0 bridgehead atoms. The quantitative estimate of drug-likeness (QED) is 0.549. The molecule has 2 aromatic carbocycles. The number of hydrogen-bond donors (Lipinski definition) is 1. The lowest BCUT2D eigenvalue weighted by atomic mass is 10.1. The summed E-state index contributed by atoms with van der Waals surface area (Å²) in [6.07, 6.45) is 3.41. The number of benzene rings is 2. The van der Waals surface area contributed by atoms with Crippen molar-refractivity contribution in [1.82, 2.24) is 9.55 Å². The third kappa shape index (κ3) is 2.83. The van der Waals surface area contributed by atoms with Crippen molar-refractivity contribution >= 4 is 22.5 Å². The molecule has 0 unspecified atom stereocenters. The fourth-order valence-electron chi connectivity index (χ4n) is 3.17. The van der Waals surface area contributed by atoms with Gasteiger partial charge in [-0.25, -0.2) is 0 Å². The molecular weight excluding hydrogens is 336 g/mol. The van der Waals surface area contributed by atoms with Gasteiger partial charge >= 0.3 is 0 Å². The van der Waals surface area contributed by atoms with E-state index >= 15 is 0 Å². The fraction of sp³-hybridized carbons (Fsp3) is 0.0455. The van der Waals surface area contributed by atoms with Gasteiger partial charge in [-0.3, -0.25) is 14.3 Å². The number of carbonyl (C=O) groups is 1. The molecule has 2 heterocycles. The van der Waals surface area contributed by atoms with Crippen LogP contribution in [0.15, 0.2) is 67.0 Å². The molecule has 0 aliphatic rings. The van der Waals surface area contributed by atoms with E-state index in [1.807, 2.05) is 25.1 Å². The Morgan fingerprint density at radius 3 is 2.70 bits per heavy atom. The number of aryl methyl sites for hydroxylation is 1. The SMILES string of the molecule is Cc1cc(C(=O)n2c(-c3cccnc3)cc3cc(C#N)ccc32)ccc1N. The van der Waals surface area contributed by atoms with Crippen molar-refractivity contribution < 1.29 is 4.79 Å². The van der Waals surface area contributed by atoms with Gasteiger partial charge in [-0.1, -0.05) is 0 Å². The van der Waals surface area contributed by atoms with Crippen molar-refractivity contribution in [2.45, 2.75) is 6.92 Å². The molecule has 0 spiro atoms. The summed E-state index contributed by atoms with van der Waals surface area (Å²) in [5.41, 5.74) is 10.8. The van der Waals surface area contributed by atoms with Crippen LogP contribution in [0.1, 0.15) is 21.5 Å². The van der Waals surface area contributed by atoms with E-state index in [4.69, 9.17) is 5.73 Å². The van der Waals surface area contributed by atoms with E-state index in [1.165, 1.54) is 0 Å². The molecule has 0 amide bonds. The van der Waals surface area contributed by atoms with Gasteiger partial charge in [0, 0.05) is 34.6 Å². The summed E-state index contributed by atoms with van der Waals surface area (Å²) < 4.78 is 1.67. The fourth-order valence-corrected chi connectivity index (χ4v) is 3.17. The number of nitriles is 1. The highest BCUT2D eigenvalue weighted by atomic mass is 16.2. The van der Waals surface area contributed by atoms with Crippen LogP contribution in [0.5, 0.6) is 0 Å². The van der Waals surface area contributed by atoms with Crippen LogP contribution in [0, 0.1) is 18.3 Å². The summed E-state index contributed by atoms with van der Waals surface area (Å²) >= 11 is 0. The molecule has 4 rings (SSSR count). The van der Waals surface area contributed by atoms with Crippen LogP contribution in [0.2, 0.25) is 0 Å². The van der Waals surface area contributed by atoms with Crippen molar-refractivity contribution in [3.05, 3.63) is 83.7 Å². The molecule has 0 atom stereocenters. The minimum absolute atomic E-state index is 0.156. The molecule has 0 radical (unpaired) electrons. The molecule has 130 valence electrons. The van der Waals surface area contributed by atoms with E-state index in [9.17, 15) is 10.1 Å². The van der Waals surface area contributed by atoms with Gasteiger partial charge in [0.15, 0.2) is 0 Å². The number of anilines is 1. The van der Waals surface area contributed by atoms with Crippen molar-refractivity contribution in [3.8, 4) is 17.3 Å². The van der Waals surface area contributed by atoms with Crippen molar-refractivity contribution in [2.75, 3.05) is 5.73 Å². The molecule has 2 aromatic heterocycles. The van der Waals surface area contributed by atoms with E-state index in [0.717, 1.165) is 27.7 Å². The summed E-state index contributed by atoms with van der Waals surface area (Å²) in [4.78, 5) is 17.5. The molecule has 0 aliphatic carbocycles. The highest BCUT2D eigenvalue weighted by Gasteiger charge is 2.19. The highest BCUT2D eigenvalue weighted by molar-refractivity contribution is 6.06. The monoisotopic (exact) mass is 352 g/mol. The Morgan fingerprint density at radius 1 is 1.15 bits per heavy atom. The third-order valence-electron chi connectivity index (χ3n) is 4.61. The number of nitrogen functional groups attached to an aromatic ring is 1. The number of pyridine rings is 1. The van der Waals surface area contributed by atoms with E-state index in [1.54, 1.807) is 53.4 Å². The molecule has 5 nitrogen and oxygen atoms in total. The maximum absolute atomic E-state index is 13.4. The van der Waals surface area contributed by atoms with Crippen molar-refractivity contribution in [3.63, 3.8) is 0 Å². The summed E-state index contributed by atoms with van der Waals surface area (Å²) in [6, 6.07) is 18.4. The molecule has 0 saturated carbocycles. The number of aromatic nitrogens is 2. The number of nitrogens with two attached hydrogens (primary N) is 1. The average molecular weight is 352 g/mol. The third-order valence-corrected chi connectivity index (χ3v) is 4.61. The van der Waals surface area contributed by atoms with Gasteiger partial charge in [0.25, 0.3) is 5.91 Å². The molecule has 0 saturated heterocycles. The smallest absolute Gasteiger partial charge is 0.262 e. The lowest BCUT2D eigenvalue weighted by Crippen LogP contribution is -2.13. The Morgan fingerprint density at radius 2 is 2.00 bits per heavy atom. The minimum atomic E-state index is -0.156. The maximum Gasteiger partial charge on any atom is 0.262 e. The zero-order valence-corrected chi connectivity index (χ0v) is 14.7. The second-order valence-electron chi connectivity index (χ2n) is 6.37. The molecule has 2 N–H and O–H groups in total. The highest BCUT2D eigenvalue weighted by Crippen LogP contribution is 2.30. The second kappa shape index (κ2) is 6.43. The molecule has 0 aliphatic heterocycles. The summed E-state index contributed by atoms with van der Waals surface area (Å²) in [5.74, 6) is -0.156. The van der Waals surface area contributed by atoms with Gasteiger partial charge in [-0.2, -0.15) is 5.26 Å². The van der Waals surface area contributed by atoms with Crippen LogP contribution < -0.4 is 5.73 Å². The Labute approximate surface area is 156 Å². The van der Waals surface area contributed by atoms with Gasteiger partial charge in [0.05, 0.1) is 22.8 Å². The topological polar surface area (TPSA) is 84.7 Å². The number of nitrogens with zero attached hydrogens (tertiary/aromatic N) is 3. The van der Waals surface area contributed by atoms with Crippen LogP contribution in [0.4, 0.5) is 5.69 Å². The molecule has 0 fully saturated rings. The van der Waals surface area contributed by atoms with Crippen LogP contribution in [0.3, 0.4) is 0 Å². The maximum atomic E-state index is 13.4. The van der Waals surface area contributed by atoms with E-state index in [2.05, 4.69) is 11.1 Å². The normalized spacial score (nSPS) is 10.7. The van der Waals surface area contributed by atoms with E-state index in [0.29, 0.717) is 16.8 Å². The number of rotatable bonds is 2. The number of fused-ring (bicyclic) bond motifs is 1. The Balaban J connectivity index is 1.98. The molecule has 4 aromatic rings. The Hall–Kier alpha value is -3.91. The van der Waals surface area contributed by atoms with Crippen molar-refractivity contribution in [2.24, 2.45) is 0 Å². The predicted molar refractivity (Wildman–Crippen MR) is 105 cm³/mol. The van der Waals surface area contributed by atoms with Crippen molar-refractivity contribution in [1.29, 1.82) is 5.26 Å². The van der Waals surface area contributed by atoms with Gasteiger partial charge in [-0.05, 0) is 67.1 Å². The minimum Gasteiger partial charge on any atom is -0.399 e. The first-order valence-corrected chi connectivity index (χ1v) is 8.45. The first-order valence-electron chi connectivity index (χ1n) is 8.45. The standard InChI is InChI=1S/C22H16N4O/c1-14-9-16(5-6-19(14)24)22(27)26-20-7-4-15(12-23)10-18(20)11-21(26)17-3-2-8-25-13-17/h2-11,13H,24H2,1H3. The molecule has 5 heteroatoms. The van der Waals surface area contributed by atoms with Crippen LogP contribution >= 0.6 is 0 Å². The van der Waals surface area contributed by atoms with Gasteiger partial charge < -0.3 is 5.73 Å². The Kier molecular flexibility index (Phi) is 3.94. The first-order chi connectivity index (χ1) is 13.1. The van der Waals surface area contributed by atoms with E-state index < -0.39 is 0 Å². The van der Waals surface area contributed by atoms with Gasteiger partial charge in [0.2, 0.25) is 0 Å². The van der Waals surface area contributed by atoms with Crippen LogP contribution in [-0.4, -0.2) is 15.5 Å². The number of hydrogen-bond acceptors (Lipinski definition) is 4. The van der Waals surface area contributed by atoms with Gasteiger partial charge in [0.1, 0.15) is 0 Å².